The first-order valence-electron chi connectivity index (χ1n) is 5.15. The van der Waals surface area contributed by atoms with E-state index >= 15 is 0 Å². The molecule has 6 heteroatoms. The highest BCUT2D eigenvalue weighted by Gasteiger charge is 2.33. The van der Waals surface area contributed by atoms with Crippen molar-refractivity contribution in [3.63, 3.8) is 0 Å². The lowest BCUT2D eigenvalue weighted by atomic mass is 10.2. The van der Waals surface area contributed by atoms with Crippen molar-refractivity contribution in [2.75, 3.05) is 11.6 Å². The van der Waals surface area contributed by atoms with Crippen LogP contribution in [0.4, 0.5) is 4.79 Å². The van der Waals surface area contributed by atoms with Gasteiger partial charge >= 0.3 is 6.09 Å². The monoisotopic (exact) mass is 246 g/mol. The van der Waals surface area contributed by atoms with E-state index in [9.17, 15) is 9.59 Å². The average molecular weight is 246 g/mol. The molecule has 0 aromatic heterocycles. The van der Waals surface area contributed by atoms with E-state index in [-0.39, 0.29) is 24.5 Å². The molecule has 0 aromatic rings. The van der Waals surface area contributed by atoms with E-state index in [2.05, 4.69) is 0 Å². The highest BCUT2D eigenvalue weighted by molar-refractivity contribution is 7.99. The quantitative estimate of drug-likeness (QED) is 0.794. The molecule has 0 spiro atoms. The molecule has 5 nitrogen and oxygen atoms in total. The van der Waals surface area contributed by atoms with Crippen LogP contribution in [0.3, 0.4) is 0 Å². The van der Waals surface area contributed by atoms with Crippen molar-refractivity contribution in [3.8, 4) is 0 Å². The van der Waals surface area contributed by atoms with Crippen LogP contribution in [0.1, 0.15) is 27.2 Å². The van der Waals surface area contributed by atoms with Gasteiger partial charge in [0.25, 0.3) is 0 Å². The summed E-state index contributed by atoms with van der Waals surface area (Å²) in [6.07, 6.45) is -0.171. The summed E-state index contributed by atoms with van der Waals surface area (Å²) in [7, 11) is 0. The Bertz CT molecular complexity index is 288. The van der Waals surface area contributed by atoms with Crippen LogP contribution in [0.5, 0.6) is 0 Å². The number of nitrogens with two attached hydrogens (primary N) is 1. The second kappa shape index (κ2) is 4.95. The summed E-state index contributed by atoms with van der Waals surface area (Å²) < 4.78 is 5.25. The van der Waals surface area contributed by atoms with Gasteiger partial charge in [0.1, 0.15) is 5.60 Å². The van der Waals surface area contributed by atoms with E-state index < -0.39 is 5.60 Å². The molecule has 1 atom stereocenters. The van der Waals surface area contributed by atoms with Gasteiger partial charge in [-0.2, -0.15) is 0 Å². The second-order valence-corrected chi connectivity index (χ2v) is 5.77. The second-order valence-electron chi connectivity index (χ2n) is 4.77. The third-order valence-electron chi connectivity index (χ3n) is 2.05. The fourth-order valence-electron chi connectivity index (χ4n) is 1.41. The Balaban J connectivity index is 2.57. The van der Waals surface area contributed by atoms with E-state index in [1.807, 2.05) is 20.8 Å². The van der Waals surface area contributed by atoms with Crippen LogP contribution in [-0.4, -0.2) is 40.2 Å². The van der Waals surface area contributed by atoms with E-state index in [0.717, 1.165) is 5.75 Å². The maximum atomic E-state index is 11.8. The van der Waals surface area contributed by atoms with Crippen LogP contribution in [0.15, 0.2) is 0 Å². The summed E-state index contributed by atoms with van der Waals surface area (Å²) in [4.78, 5) is 24.2. The molecular weight excluding hydrogens is 228 g/mol. The van der Waals surface area contributed by atoms with Gasteiger partial charge in [-0.3, -0.25) is 9.69 Å². The molecule has 0 saturated carbocycles. The summed E-state index contributed by atoms with van der Waals surface area (Å²) in [6.45, 7) is 5.45. The van der Waals surface area contributed by atoms with Gasteiger partial charge in [-0.1, -0.05) is 0 Å². The van der Waals surface area contributed by atoms with Crippen LogP contribution in [0.25, 0.3) is 0 Å². The SMILES string of the molecule is CC(C)(C)OC(=O)N1CSC[C@H]1CC(N)=O. The predicted octanol–water partition coefficient (Wildman–Crippen LogP) is 1.17. The van der Waals surface area contributed by atoms with Gasteiger partial charge in [-0.05, 0) is 20.8 Å². The number of ether oxygens (including phenoxy) is 1. The molecule has 92 valence electrons. The largest absolute Gasteiger partial charge is 0.444 e. The lowest BCUT2D eigenvalue weighted by molar-refractivity contribution is -0.118. The van der Waals surface area contributed by atoms with Crippen LogP contribution in [-0.2, 0) is 9.53 Å². The fraction of sp³-hybridized carbons (Fsp3) is 0.800. The Morgan fingerprint density at radius 3 is 2.62 bits per heavy atom. The van der Waals surface area contributed by atoms with Gasteiger partial charge in [0, 0.05) is 12.2 Å². The molecule has 1 aliphatic heterocycles. The number of carbonyl (C=O) groups is 2. The van der Waals surface area contributed by atoms with Gasteiger partial charge in [0.2, 0.25) is 5.91 Å². The lowest BCUT2D eigenvalue weighted by Crippen LogP contribution is -2.42. The molecule has 0 aromatic carbocycles. The first-order chi connectivity index (χ1) is 7.29. The zero-order valence-electron chi connectivity index (χ0n) is 9.86. The zero-order valence-corrected chi connectivity index (χ0v) is 10.7. The number of rotatable bonds is 2. The Kier molecular flexibility index (Phi) is 4.07. The van der Waals surface area contributed by atoms with Crippen molar-refractivity contribution >= 4 is 23.8 Å². The maximum Gasteiger partial charge on any atom is 0.411 e. The van der Waals surface area contributed by atoms with Crippen molar-refractivity contribution < 1.29 is 14.3 Å². The molecule has 1 aliphatic rings. The summed E-state index contributed by atoms with van der Waals surface area (Å²) >= 11 is 1.60. The lowest BCUT2D eigenvalue weighted by Gasteiger charge is -2.27. The molecule has 2 N–H and O–H groups in total. The van der Waals surface area contributed by atoms with Crippen molar-refractivity contribution in [1.29, 1.82) is 0 Å². The molecule has 2 amide bonds. The Morgan fingerprint density at radius 1 is 1.50 bits per heavy atom. The third kappa shape index (κ3) is 3.92. The van der Waals surface area contributed by atoms with Crippen molar-refractivity contribution in [2.24, 2.45) is 5.73 Å². The molecule has 0 unspecified atom stereocenters. The standard InChI is InChI=1S/C10H18N2O3S/c1-10(2,3)15-9(14)12-6-16-5-7(12)4-8(11)13/h7H,4-6H2,1-3H3,(H2,11,13)/t7-/m1/s1. The number of hydrogen-bond donors (Lipinski definition) is 1. The summed E-state index contributed by atoms with van der Waals surface area (Å²) in [5.41, 5.74) is 4.62. The average Bonchev–Trinajstić information content (AvgIpc) is 2.47. The van der Waals surface area contributed by atoms with Gasteiger partial charge in [-0.25, -0.2) is 4.79 Å². The smallest absolute Gasteiger partial charge is 0.411 e. The highest BCUT2D eigenvalue weighted by atomic mass is 32.2. The summed E-state index contributed by atoms with van der Waals surface area (Å²) in [6, 6.07) is -0.127. The minimum absolute atomic E-state index is 0.127. The highest BCUT2D eigenvalue weighted by Crippen LogP contribution is 2.25. The van der Waals surface area contributed by atoms with Crippen molar-refractivity contribution in [1.82, 2.24) is 4.90 Å². The van der Waals surface area contributed by atoms with Gasteiger partial charge in [0.15, 0.2) is 0 Å². The number of nitrogens with zero attached hydrogens (tertiary/aromatic N) is 1. The van der Waals surface area contributed by atoms with Crippen molar-refractivity contribution in [3.05, 3.63) is 0 Å². The third-order valence-corrected chi connectivity index (χ3v) is 3.13. The summed E-state index contributed by atoms with van der Waals surface area (Å²) in [5, 5.41) is 0. The van der Waals surface area contributed by atoms with E-state index in [4.69, 9.17) is 10.5 Å². The number of carbonyl (C=O) groups excluding carboxylic acids is 2. The first kappa shape index (κ1) is 13.2. The molecule has 16 heavy (non-hydrogen) atoms. The Labute approximate surface area is 99.7 Å². The normalized spacial score (nSPS) is 20.9. The molecule has 1 rings (SSSR count). The molecule has 1 saturated heterocycles. The van der Waals surface area contributed by atoms with E-state index in [1.165, 1.54) is 0 Å². The van der Waals surface area contributed by atoms with Crippen LogP contribution < -0.4 is 5.73 Å². The predicted molar refractivity (Wildman–Crippen MR) is 63.0 cm³/mol. The molecule has 1 fully saturated rings. The van der Waals surface area contributed by atoms with E-state index in [1.54, 1.807) is 16.7 Å². The van der Waals surface area contributed by atoms with Gasteiger partial charge < -0.3 is 10.5 Å². The van der Waals surface area contributed by atoms with Crippen LogP contribution in [0.2, 0.25) is 0 Å². The van der Waals surface area contributed by atoms with Crippen LogP contribution >= 0.6 is 11.8 Å². The number of primary amides is 1. The topological polar surface area (TPSA) is 72.6 Å². The zero-order chi connectivity index (χ0) is 12.3. The Hall–Kier alpha value is -0.910. The maximum absolute atomic E-state index is 11.8. The number of amides is 2. The number of hydrogen-bond acceptors (Lipinski definition) is 4. The fourth-order valence-corrected chi connectivity index (χ4v) is 2.59. The van der Waals surface area contributed by atoms with E-state index in [0.29, 0.717) is 5.88 Å². The van der Waals surface area contributed by atoms with Gasteiger partial charge in [-0.15, -0.1) is 11.8 Å². The molecular formula is C10H18N2O3S. The Morgan fingerprint density at radius 2 is 2.12 bits per heavy atom. The molecule has 0 radical (unpaired) electrons. The van der Waals surface area contributed by atoms with Crippen molar-refractivity contribution in [2.45, 2.75) is 38.8 Å². The minimum atomic E-state index is -0.512. The van der Waals surface area contributed by atoms with Gasteiger partial charge in [0.05, 0.1) is 11.9 Å². The number of thioether (sulfide) groups is 1. The van der Waals surface area contributed by atoms with Crippen LogP contribution in [0, 0.1) is 0 Å². The first-order valence-corrected chi connectivity index (χ1v) is 6.31. The summed E-state index contributed by atoms with van der Waals surface area (Å²) in [5.74, 6) is 0.913. The minimum Gasteiger partial charge on any atom is -0.444 e. The molecule has 0 aliphatic carbocycles. The molecule has 0 bridgehead atoms. The molecule has 1 heterocycles.